The van der Waals surface area contributed by atoms with Crippen LogP contribution in [0.3, 0.4) is 0 Å². The van der Waals surface area contributed by atoms with E-state index in [1.165, 1.54) is 26.4 Å². The Kier molecular flexibility index (Phi) is 3.06. The van der Waals surface area contributed by atoms with Crippen LogP contribution in [0.5, 0.6) is 11.5 Å². The van der Waals surface area contributed by atoms with Crippen LogP contribution in [0.15, 0.2) is 18.2 Å². The maximum absolute atomic E-state index is 12.5. The third kappa shape index (κ3) is 1.88. The van der Waals surface area contributed by atoms with E-state index < -0.39 is 6.43 Å². The average molecular weight is 188 g/mol. The van der Waals surface area contributed by atoms with Crippen LogP contribution in [0.1, 0.15) is 12.0 Å². The third-order valence-corrected chi connectivity index (χ3v) is 1.68. The Hall–Kier alpha value is -1.32. The number of hydrogen-bond acceptors (Lipinski definition) is 2. The van der Waals surface area contributed by atoms with Gasteiger partial charge in [0, 0.05) is 0 Å². The molecule has 0 aliphatic carbocycles. The first-order valence-corrected chi connectivity index (χ1v) is 3.69. The lowest BCUT2D eigenvalue weighted by atomic mass is 10.2. The molecule has 2 nitrogen and oxygen atoms in total. The highest BCUT2D eigenvalue weighted by Crippen LogP contribution is 2.36. The van der Waals surface area contributed by atoms with Crippen LogP contribution < -0.4 is 9.47 Å². The number of halogens is 2. The minimum absolute atomic E-state index is 0.148. The minimum atomic E-state index is -2.59. The molecule has 1 aromatic rings. The van der Waals surface area contributed by atoms with Gasteiger partial charge in [0.25, 0.3) is 6.43 Å². The number of hydrogen-bond donors (Lipinski definition) is 0. The summed E-state index contributed by atoms with van der Waals surface area (Å²) in [5.41, 5.74) is -0.201. The van der Waals surface area contributed by atoms with E-state index >= 15 is 0 Å². The lowest BCUT2D eigenvalue weighted by Crippen LogP contribution is -1.96. The number of rotatable bonds is 3. The molecule has 0 heterocycles. The van der Waals surface area contributed by atoms with E-state index in [9.17, 15) is 8.78 Å². The molecule has 0 spiro atoms. The zero-order valence-corrected chi connectivity index (χ0v) is 7.38. The number of alkyl halides is 2. The van der Waals surface area contributed by atoms with Gasteiger partial charge in [0.15, 0.2) is 0 Å². The van der Waals surface area contributed by atoms with Crippen LogP contribution in [0.2, 0.25) is 0 Å². The molecule has 0 unspecified atom stereocenters. The molecule has 0 aliphatic rings. The monoisotopic (exact) mass is 188 g/mol. The normalized spacial score (nSPS) is 10.2. The highest BCUT2D eigenvalue weighted by Gasteiger charge is 2.18. The Morgan fingerprint density at radius 1 is 1.08 bits per heavy atom. The quantitative estimate of drug-likeness (QED) is 0.725. The van der Waals surface area contributed by atoms with E-state index in [-0.39, 0.29) is 17.1 Å². The number of methoxy groups -OCH3 is 2. The fraction of sp³-hybridized carbons (Fsp3) is 0.333. The summed E-state index contributed by atoms with van der Waals surface area (Å²) in [4.78, 5) is 0. The molecular weight excluding hydrogens is 178 g/mol. The van der Waals surface area contributed by atoms with Gasteiger partial charge < -0.3 is 9.47 Å². The second-order valence-corrected chi connectivity index (χ2v) is 2.38. The van der Waals surface area contributed by atoms with Crippen molar-refractivity contribution in [3.05, 3.63) is 23.8 Å². The predicted molar refractivity (Wildman–Crippen MR) is 44.5 cm³/mol. The lowest BCUT2D eigenvalue weighted by molar-refractivity contribution is 0.142. The molecule has 0 aliphatic heterocycles. The summed E-state index contributed by atoms with van der Waals surface area (Å²) in [7, 11) is 2.70. The highest BCUT2D eigenvalue weighted by molar-refractivity contribution is 5.45. The molecule has 13 heavy (non-hydrogen) atoms. The topological polar surface area (TPSA) is 18.5 Å². The Morgan fingerprint density at radius 2 is 1.54 bits per heavy atom. The first-order valence-electron chi connectivity index (χ1n) is 3.69. The summed E-state index contributed by atoms with van der Waals surface area (Å²) >= 11 is 0. The first-order chi connectivity index (χ1) is 6.20. The Bertz CT molecular complexity index is 265. The predicted octanol–water partition coefficient (Wildman–Crippen LogP) is 2.64. The van der Waals surface area contributed by atoms with Crippen LogP contribution in [0.4, 0.5) is 8.78 Å². The van der Waals surface area contributed by atoms with Crippen LogP contribution in [-0.2, 0) is 0 Å². The van der Waals surface area contributed by atoms with Crippen molar-refractivity contribution in [1.29, 1.82) is 0 Å². The number of ether oxygens (including phenoxy) is 2. The van der Waals surface area contributed by atoms with Crippen molar-refractivity contribution in [3.8, 4) is 11.5 Å². The van der Waals surface area contributed by atoms with Crippen molar-refractivity contribution in [3.63, 3.8) is 0 Å². The molecule has 1 aromatic carbocycles. The van der Waals surface area contributed by atoms with Gasteiger partial charge in [-0.15, -0.1) is 0 Å². The van der Waals surface area contributed by atoms with E-state index in [0.29, 0.717) is 0 Å². The standard InChI is InChI=1S/C9H10F2O2/c1-12-6-4-3-5-7(13-2)8(6)9(10)11/h3-5,9H,1-2H3. The van der Waals surface area contributed by atoms with E-state index in [4.69, 9.17) is 9.47 Å². The van der Waals surface area contributed by atoms with Crippen LogP contribution in [0.25, 0.3) is 0 Å². The first kappa shape index (κ1) is 9.77. The maximum atomic E-state index is 12.5. The molecule has 0 atom stereocenters. The van der Waals surface area contributed by atoms with E-state index in [2.05, 4.69) is 0 Å². The van der Waals surface area contributed by atoms with Gasteiger partial charge in [-0.1, -0.05) is 6.07 Å². The summed E-state index contributed by atoms with van der Waals surface area (Å²) in [5, 5.41) is 0. The molecule has 0 radical (unpaired) electrons. The van der Waals surface area contributed by atoms with Crippen LogP contribution in [-0.4, -0.2) is 14.2 Å². The molecule has 72 valence electrons. The second kappa shape index (κ2) is 4.07. The average Bonchev–Trinajstić information content (AvgIpc) is 2.16. The van der Waals surface area contributed by atoms with Gasteiger partial charge in [0.1, 0.15) is 17.1 Å². The van der Waals surface area contributed by atoms with Crippen molar-refractivity contribution in [2.75, 3.05) is 14.2 Å². The fourth-order valence-electron chi connectivity index (χ4n) is 1.09. The SMILES string of the molecule is COc1cccc(OC)c1C(F)F. The third-order valence-electron chi connectivity index (χ3n) is 1.68. The van der Waals surface area contributed by atoms with Crippen LogP contribution in [0, 0.1) is 0 Å². The minimum Gasteiger partial charge on any atom is -0.496 e. The molecular formula is C9H10F2O2. The molecule has 1 rings (SSSR count). The molecule has 0 bridgehead atoms. The summed E-state index contributed by atoms with van der Waals surface area (Å²) in [6.07, 6.45) is -2.59. The van der Waals surface area contributed by atoms with E-state index in [1.54, 1.807) is 6.07 Å². The molecule has 4 heteroatoms. The van der Waals surface area contributed by atoms with Gasteiger partial charge in [-0.05, 0) is 12.1 Å². The smallest absolute Gasteiger partial charge is 0.270 e. The van der Waals surface area contributed by atoms with Gasteiger partial charge in [0.2, 0.25) is 0 Å². The molecule has 0 saturated heterocycles. The molecule has 0 amide bonds. The van der Waals surface area contributed by atoms with Gasteiger partial charge in [0.05, 0.1) is 14.2 Å². The summed E-state index contributed by atoms with van der Waals surface area (Å²) in [6, 6.07) is 4.55. The van der Waals surface area contributed by atoms with Gasteiger partial charge in [-0.25, -0.2) is 8.78 Å². The fourth-order valence-corrected chi connectivity index (χ4v) is 1.09. The largest absolute Gasteiger partial charge is 0.496 e. The van der Waals surface area contributed by atoms with Gasteiger partial charge >= 0.3 is 0 Å². The second-order valence-electron chi connectivity index (χ2n) is 2.38. The Labute approximate surface area is 75.1 Å². The molecule has 0 fully saturated rings. The molecule has 0 N–H and O–H groups in total. The maximum Gasteiger partial charge on any atom is 0.270 e. The van der Waals surface area contributed by atoms with Gasteiger partial charge in [-0.3, -0.25) is 0 Å². The van der Waals surface area contributed by atoms with Crippen molar-refractivity contribution in [2.24, 2.45) is 0 Å². The Balaban J connectivity index is 3.21. The Morgan fingerprint density at radius 3 is 1.85 bits per heavy atom. The van der Waals surface area contributed by atoms with Crippen molar-refractivity contribution >= 4 is 0 Å². The van der Waals surface area contributed by atoms with Crippen LogP contribution >= 0.6 is 0 Å². The zero-order chi connectivity index (χ0) is 9.84. The van der Waals surface area contributed by atoms with Crippen molar-refractivity contribution in [1.82, 2.24) is 0 Å². The van der Waals surface area contributed by atoms with Gasteiger partial charge in [-0.2, -0.15) is 0 Å². The number of benzene rings is 1. The lowest BCUT2D eigenvalue weighted by Gasteiger charge is -2.11. The van der Waals surface area contributed by atoms with E-state index in [0.717, 1.165) is 0 Å². The van der Waals surface area contributed by atoms with Crippen molar-refractivity contribution < 1.29 is 18.3 Å². The molecule has 0 aromatic heterocycles. The molecule has 0 saturated carbocycles. The van der Waals surface area contributed by atoms with Crippen molar-refractivity contribution in [2.45, 2.75) is 6.43 Å². The van der Waals surface area contributed by atoms with E-state index in [1.807, 2.05) is 0 Å². The summed E-state index contributed by atoms with van der Waals surface area (Å²) < 4.78 is 34.6. The summed E-state index contributed by atoms with van der Waals surface area (Å²) in [5.74, 6) is 0.295. The highest BCUT2D eigenvalue weighted by atomic mass is 19.3. The zero-order valence-electron chi connectivity index (χ0n) is 7.38. The summed E-state index contributed by atoms with van der Waals surface area (Å²) in [6.45, 7) is 0.